The third-order valence-electron chi connectivity index (χ3n) is 3.25. The summed E-state index contributed by atoms with van der Waals surface area (Å²) in [5.74, 6) is 0.782. The first kappa shape index (κ1) is 10.4. The minimum Gasteiger partial charge on any atom is -0.323 e. The van der Waals surface area contributed by atoms with Gasteiger partial charge in [0, 0.05) is 17.8 Å². The Hall–Kier alpha value is -1.74. The van der Waals surface area contributed by atoms with Crippen LogP contribution in [0.1, 0.15) is 29.3 Å². The fraction of sp³-hybridized carbons (Fsp3) is 0.286. The largest absolute Gasteiger partial charge is 0.323 e. The number of nitrogens with two attached hydrogens (primary N) is 1. The third-order valence-corrected chi connectivity index (χ3v) is 3.25. The van der Waals surface area contributed by atoms with Gasteiger partial charge >= 0.3 is 0 Å². The van der Waals surface area contributed by atoms with Crippen LogP contribution in [0, 0.1) is 6.92 Å². The molecular weight excluding hydrogens is 210 g/mol. The van der Waals surface area contributed by atoms with Gasteiger partial charge in [0.05, 0.1) is 5.69 Å². The van der Waals surface area contributed by atoms with Gasteiger partial charge < -0.3 is 5.73 Å². The van der Waals surface area contributed by atoms with Crippen LogP contribution in [-0.4, -0.2) is 9.97 Å². The van der Waals surface area contributed by atoms with Crippen molar-refractivity contribution in [3.8, 4) is 11.4 Å². The summed E-state index contributed by atoms with van der Waals surface area (Å²) < 4.78 is 0. The van der Waals surface area contributed by atoms with Crippen molar-refractivity contribution in [1.82, 2.24) is 9.97 Å². The lowest BCUT2D eigenvalue weighted by Gasteiger charge is -2.06. The molecule has 0 spiro atoms. The lowest BCUT2D eigenvalue weighted by molar-refractivity contribution is 0.698. The van der Waals surface area contributed by atoms with Gasteiger partial charge in [0.25, 0.3) is 0 Å². The van der Waals surface area contributed by atoms with Crippen molar-refractivity contribution < 1.29 is 0 Å². The van der Waals surface area contributed by atoms with E-state index >= 15 is 0 Å². The Morgan fingerprint density at radius 2 is 2.24 bits per heavy atom. The molecule has 0 aliphatic heterocycles. The van der Waals surface area contributed by atoms with Crippen molar-refractivity contribution in [3.05, 3.63) is 47.3 Å². The SMILES string of the molecule is Cc1cccc(-c2ncc3c(n2)C(N)CC3)c1. The third kappa shape index (κ3) is 1.83. The van der Waals surface area contributed by atoms with Crippen molar-refractivity contribution in [2.45, 2.75) is 25.8 Å². The van der Waals surface area contributed by atoms with Crippen molar-refractivity contribution in [3.63, 3.8) is 0 Å². The predicted octanol–water partition coefficient (Wildman–Crippen LogP) is 2.40. The molecule has 1 atom stereocenters. The molecule has 1 heterocycles. The van der Waals surface area contributed by atoms with Gasteiger partial charge in [-0.25, -0.2) is 9.97 Å². The van der Waals surface area contributed by atoms with Gasteiger partial charge in [-0.3, -0.25) is 0 Å². The average Bonchev–Trinajstić information content (AvgIpc) is 2.71. The van der Waals surface area contributed by atoms with E-state index in [9.17, 15) is 0 Å². The fourth-order valence-corrected chi connectivity index (χ4v) is 2.30. The molecule has 1 aliphatic rings. The van der Waals surface area contributed by atoms with Crippen LogP contribution >= 0.6 is 0 Å². The fourth-order valence-electron chi connectivity index (χ4n) is 2.30. The number of fused-ring (bicyclic) bond motifs is 1. The summed E-state index contributed by atoms with van der Waals surface area (Å²) in [4.78, 5) is 9.04. The quantitative estimate of drug-likeness (QED) is 0.810. The Morgan fingerprint density at radius 1 is 1.35 bits per heavy atom. The Labute approximate surface area is 101 Å². The van der Waals surface area contributed by atoms with Crippen molar-refractivity contribution in [2.75, 3.05) is 0 Å². The Bertz CT molecular complexity index is 563. The average molecular weight is 225 g/mol. The first-order chi connectivity index (χ1) is 8.24. The van der Waals surface area contributed by atoms with E-state index < -0.39 is 0 Å². The second kappa shape index (κ2) is 3.93. The van der Waals surface area contributed by atoms with Gasteiger partial charge in [-0.15, -0.1) is 0 Å². The maximum Gasteiger partial charge on any atom is 0.159 e. The van der Waals surface area contributed by atoms with Crippen molar-refractivity contribution in [2.24, 2.45) is 5.73 Å². The maximum atomic E-state index is 6.03. The van der Waals surface area contributed by atoms with Gasteiger partial charge in [0.1, 0.15) is 0 Å². The standard InChI is InChI=1S/C14H15N3/c1-9-3-2-4-10(7-9)14-16-8-11-5-6-12(15)13(11)17-14/h2-4,7-8,12H,5-6,15H2,1H3. The molecular formula is C14H15N3. The number of nitrogens with zero attached hydrogens (tertiary/aromatic N) is 2. The van der Waals surface area contributed by atoms with Gasteiger partial charge in [0.2, 0.25) is 0 Å². The van der Waals surface area contributed by atoms with Crippen molar-refractivity contribution >= 4 is 0 Å². The summed E-state index contributed by atoms with van der Waals surface area (Å²) in [6.45, 7) is 2.07. The first-order valence-corrected chi connectivity index (χ1v) is 5.92. The molecule has 0 radical (unpaired) electrons. The van der Waals surface area contributed by atoms with Crippen LogP contribution in [0.3, 0.4) is 0 Å². The van der Waals surface area contributed by atoms with E-state index in [0.717, 1.165) is 29.9 Å². The van der Waals surface area contributed by atoms with E-state index in [-0.39, 0.29) is 6.04 Å². The maximum absolute atomic E-state index is 6.03. The van der Waals surface area contributed by atoms with E-state index in [4.69, 9.17) is 5.73 Å². The Morgan fingerprint density at radius 3 is 3.06 bits per heavy atom. The zero-order chi connectivity index (χ0) is 11.8. The summed E-state index contributed by atoms with van der Waals surface area (Å²) in [7, 11) is 0. The summed E-state index contributed by atoms with van der Waals surface area (Å²) in [5, 5.41) is 0. The molecule has 0 bridgehead atoms. The number of aromatic nitrogens is 2. The molecule has 1 aromatic carbocycles. The monoisotopic (exact) mass is 225 g/mol. The zero-order valence-electron chi connectivity index (χ0n) is 9.85. The van der Waals surface area contributed by atoms with E-state index in [2.05, 4.69) is 29.0 Å². The van der Waals surface area contributed by atoms with Gasteiger partial charge in [0.15, 0.2) is 5.82 Å². The minimum absolute atomic E-state index is 0.0801. The lowest BCUT2D eigenvalue weighted by Crippen LogP contribution is -2.08. The summed E-state index contributed by atoms with van der Waals surface area (Å²) in [5.41, 5.74) is 10.5. The Kier molecular flexibility index (Phi) is 2.41. The topological polar surface area (TPSA) is 51.8 Å². The van der Waals surface area contributed by atoms with Crippen LogP contribution in [-0.2, 0) is 6.42 Å². The lowest BCUT2D eigenvalue weighted by atomic mass is 10.1. The van der Waals surface area contributed by atoms with Gasteiger partial charge in [-0.1, -0.05) is 23.8 Å². The van der Waals surface area contributed by atoms with Crippen LogP contribution in [0.4, 0.5) is 0 Å². The van der Waals surface area contributed by atoms with Crippen LogP contribution in [0.5, 0.6) is 0 Å². The van der Waals surface area contributed by atoms with Crippen molar-refractivity contribution in [1.29, 1.82) is 0 Å². The van der Waals surface area contributed by atoms with Gasteiger partial charge in [-0.2, -0.15) is 0 Å². The normalized spacial score (nSPS) is 18.1. The van der Waals surface area contributed by atoms with E-state index in [1.54, 1.807) is 0 Å². The molecule has 0 amide bonds. The van der Waals surface area contributed by atoms with Crippen LogP contribution in [0.15, 0.2) is 30.5 Å². The molecule has 2 aromatic rings. The highest BCUT2D eigenvalue weighted by Crippen LogP contribution is 2.28. The number of benzene rings is 1. The molecule has 1 unspecified atom stereocenters. The highest BCUT2D eigenvalue weighted by molar-refractivity contribution is 5.56. The number of hydrogen-bond donors (Lipinski definition) is 1. The molecule has 1 aromatic heterocycles. The van der Waals surface area contributed by atoms with Crippen LogP contribution in [0.25, 0.3) is 11.4 Å². The van der Waals surface area contributed by atoms with E-state index in [1.807, 2.05) is 18.3 Å². The minimum atomic E-state index is 0.0801. The van der Waals surface area contributed by atoms with E-state index in [0.29, 0.717) is 0 Å². The van der Waals surface area contributed by atoms with Gasteiger partial charge in [-0.05, 0) is 31.4 Å². The molecule has 3 heteroatoms. The molecule has 1 aliphatic carbocycles. The molecule has 3 nitrogen and oxygen atoms in total. The summed E-state index contributed by atoms with van der Waals surface area (Å²) in [6, 6.07) is 8.32. The second-order valence-electron chi connectivity index (χ2n) is 4.62. The molecule has 17 heavy (non-hydrogen) atoms. The first-order valence-electron chi connectivity index (χ1n) is 5.92. The molecule has 86 valence electrons. The molecule has 0 fully saturated rings. The highest BCUT2D eigenvalue weighted by atomic mass is 14.9. The highest BCUT2D eigenvalue weighted by Gasteiger charge is 2.21. The molecule has 2 N–H and O–H groups in total. The molecule has 3 rings (SSSR count). The summed E-state index contributed by atoms with van der Waals surface area (Å²) >= 11 is 0. The Balaban J connectivity index is 2.08. The van der Waals surface area contributed by atoms with Crippen LogP contribution < -0.4 is 5.73 Å². The molecule has 0 saturated heterocycles. The predicted molar refractivity (Wildman–Crippen MR) is 67.5 cm³/mol. The second-order valence-corrected chi connectivity index (χ2v) is 4.62. The number of aryl methyl sites for hydroxylation is 2. The summed E-state index contributed by atoms with van der Waals surface area (Å²) in [6.07, 6.45) is 3.92. The van der Waals surface area contributed by atoms with E-state index in [1.165, 1.54) is 11.1 Å². The number of rotatable bonds is 1. The zero-order valence-corrected chi connectivity index (χ0v) is 9.85. The molecule has 0 saturated carbocycles. The smallest absolute Gasteiger partial charge is 0.159 e. The van der Waals surface area contributed by atoms with Crippen LogP contribution in [0.2, 0.25) is 0 Å². The number of hydrogen-bond acceptors (Lipinski definition) is 3.